The van der Waals surface area contributed by atoms with Crippen LogP contribution in [-0.4, -0.2) is 14.4 Å². The molecule has 0 saturated carbocycles. The molecule has 0 spiro atoms. The Labute approximate surface area is 171 Å². The summed E-state index contributed by atoms with van der Waals surface area (Å²) in [4.78, 5) is 12.6. The zero-order valence-corrected chi connectivity index (χ0v) is 17.4. The highest BCUT2D eigenvalue weighted by Gasteiger charge is 2.26. The fourth-order valence-electron chi connectivity index (χ4n) is 2.79. The van der Waals surface area contributed by atoms with Crippen LogP contribution in [-0.2, 0) is 20.4 Å². The molecule has 0 heterocycles. The van der Waals surface area contributed by atoms with E-state index in [9.17, 15) is 13.2 Å². The van der Waals surface area contributed by atoms with E-state index in [-0.39, 0.29) is 4.90 Å². The topological polar surface area (TPSA) is 72.5 Å². The summed E-state index contributed by atoms with van der Waals surface area (Å²) in [6.45, 7) is 5.54. The highest BCUT2D eigenvalue weighted by molar-refractivity contribution is 7.92. The van der Waals surface area contributed by atoms with Gasteiger partial charge >= 0.3 is 5.97 Å². The molecule has 0 radical (unpaired) electrons. The predicted octanol–water partition coefficient (Wildman–Crippen LogP) is 4.89. The van der Waals surface area contributed by atoms with Gasteiger partial charge in [-0.1, -0.05) is 48.0 Å². The van der Waals surface area contributed by atoms with Crippen molar-refractivity contribution < 1.29 is 17.9 Å². The Morgan fingerprint density at radius 1 is 0.862 bits per heavy atom. The van der Waals surface area contributed by atoms with Crippen LogP contribution in [0.4, 0.5) is 5.69 Å². The molecule has 0 atom stereocenters. The Morgan fingerprint density at radius 3 is 2.03 bits per heavy atom. The number of benzene rings is 3. The van der Waals surface area contributed by atoms with Gasteiger partial charge in [-0.05, 0) is 62.7 Å². The van der Waals surface area contributed by atoms with Crippen LogP contribution in [0.25, 0.3) is 0 Å². The van der Waals surface area contributed by atoms with Crippen molar-refractivity contribution >= 4 is 21.7 Å². The SMILES string of the molecule is Cc1ccc(C(=O)OC(C)(C)c2ccc(NS(=O)(=O)c3ccccc3)cc2)cc1. The summed E-state index contributed by atoms with van der Waals surface area (Å²) >= 11 is 0. The van der Waals surface area contributed by atoms with E-state index in [1.54, 1.807) is 68.4 Å². The molecule has 0 fully saturated rings. The van der Waals surface area contributed by atoms with Crippen molar-refractivity contribution in [2.24, 2.45) is 0 Å². The number of sulfonamides is 1. The van der Waals surface area contributed by atoms with Gasteiger partial charge in [0, 0.05) is 5.69 Å². The quantitative estimate of drug-likeness (QED) is 0.589. The van der Waals surface area contributed by atoms with Crippen LogP contribution in [0.2, 0.25) is 0 Å². The smallest absolute Gasteiger partial charge is 0.338 e. The van der Waals surface area contributed by atoms with Crippen molar-refractivity contribution in [3.63, 3.8) is 0 Å². The summed E-state index contributed by atoms with van der Waals surface area (Å²) in [5.41, 5.74) is 1.85. The van der Waals surface area contributed by atoms with E-state index in [0.29, 0.717) is 11.3 Å². The monoisotopic (exact) mass is 409 g/mol. The van der Waals surface area contributed by atoms with E-state index >= 15 is 0 Å². The van der Waals surface area contributed by atoms with Crippen molar-refractivity contribution in [2.45, 2.75) is 31.3 Å². The maximum Gasteiger partial charge on any atom is 0.338 e. The lowest BCUT2D eigenvalue weighted by atomic mass is 9.97. The first-order valence-corrected chi connectivity index (χ1v) is 10.6. The molecule has 0 unspecified atom stereocenters. The van der Waals surface area contributed by atoms with E-state index in [2.05, 4.69) is 4.72 Å². The molecule has 0 saturated heterocycles. The van der Waals surface area contributed by atoms with Crippen molar-refractivity contribution in [1.29, 1.82) is 0 Å². The second-order valence-corrected chi connectivity index (χ2v) is 8.94. The average Bonchev–Trinajstić information content (AvgIpc) is 2.69. The van der Waals surface area contributed by atoms with Crippen LogP contribution < -0.4 is 4.72 Å². The molecule has 0 aliphatic rings. The van der Waals surface area contributed by atoms with Crippen molar-refractivity contribution in [2.75, 3.05) is 4.72 Å². The molecule has 29 heavy (non-hydrogen) atoms. The van der Waals surface area contributed by atoms with E-state index in [1.165, 1.54) is 12.1 Å². The number of ether oxygens (including phenoxy) is 1. The molecule has 150 valence electrons. The minimum atomic E-state index is -3.66. The number of carbonyl (C=O) groups is 1. The number of aryl methyl sites for hydroxylation is 1. The third-order valence-corrected chi connectivity index (χ3v) is 5.92. The number of carbonyl (C=O) groups excluding carboxylic acids is 1. The summed E-state index contributed by atoms with van der Waals surface area (Å²) < 4.78 is 33.1. The lowest BCUT2D eigenvalue weighted by Gasteiger charge is -2.26. The molecule has 3 rings (SSSR count). The molecule has 3 aromatic rings. The summed E-state index contributed by atoms with van der Waals surface area (Å²) in [5.74, 6) is -0.413. The maximum atomic E-state index is 12.4. The van der Waals surface area contributed by atoms with Gasteiger partial charge in [0.25, 0.3) is 10.0 Å². The zero-order chi connectivity index (χ0) is 21.1. The largest absolute Gasteiger partial charge is 0.451 e. The molecule has 0 amide bonds. The maximum absolute atomic E-state index is 12.4. The van der Waals surface area contributed by atoms with Gasteiger partial charge in [-0.15, -0.1) is 0 Å². The second-order valence-electron chi connectivity index (χ2n) is 7.26. The van der Waals surface area contributed by atoms with E-state index < -0.39 is 21.6 Å². The molecule has 1 N–H and O–H groups in total. The molecular formula is C23H23NO4S. The Kier molecular flexibility index (Phi) is 5.75. The zero-order valence-electron chi connectivity index (χ0n) is 16.5. The highest BCUT2D eigenvalue weighted by atomic mass is 32.2. The minimum absolute atomic E-state index is 0.191. The van der Waals surface area contributed by atoms with Gasteiger partial charge < -0.3 is 4.74 Å². The third-order valence-electron chi connectivity index (χ3n) is 4.52. The third kappa shape index (κ3) is 5.03. The van der Waals surface area contributed by atoms with E-state index in [4.69, 9.17) is 4.74 Å². The van der Waals surface area contributed by atoms with Gasteiger partial charge in [0.05, 0.1) is 10.5 Å². The molecular weight excluding hydrogens is 386 g/mol. The second kappa shape index (κ2) is 8.09. The number of hydrogen-bond donors (Lipinski definition) is 1. The summed E-state index contributed by atoms with van der Waals surface area (Å²) in [6.07, 6.45) is 0. The highest BCUT2D eigenvalue weighted by Crippen LogP contribution is 2.28. The van der Waals surface area contributed by atoms with Crippen LogP contribution in [0.3, 0.4) is 0 Å². The van der Waals surface area contributed by atoms with Gasteiger partial charge in [0.15, 0.2) is 0 Å². The number of hydrogen-bond acceptors (Lipinski definition) is 4. The number of rotatable bonds is 6. The van der Waals surface area contributed by atoms with Crippen LogP contribution in [0.1, 0.15) is 35.3 Å². The first-order valence-electron chi connectivity index (χ1n) is 9.16. The van der Waals surface area contributed by atoms with Crippen LogP contribution in [0.15, 0.2) is 83.8 Å². The fraction of sp³-hybridized carbons (Fsp3) is 0.174. The van der Waals surface area contributed by atoms with Gasteiger partial charge in [-0.25, -0.2) is 13.2 Å². The van der Waals surface area contributed by atoms with Gasteiger partial charge in [-0.3, -0.25) is 4.72 Å². The first kappa shape index (κ1) is 20.6. The summed E-state index contributed by atoms with van der Waals surface area (Å²) in [6, 6.07) is 22.1. The average molecular weight is 410 g/mol. The van der Waals surface area contributed by atoms with Crippen LogP contribution >= 0.6 is 0 Å². The molecule has 0 aliphatic heterocycles. The number of anilines is 1. The van der Waals surface area contributed by atoms with Crippen LogP contribution in [0, 0.1) is 6.92 Å². The first-order chi connectivity index (χ1) is 13.7. The van der Waals surface area contributed by atoms with E-state index in [0.717, 1.165) is 11.1 Å². The van der Waals surface area contributed by atoms with Gasteiger partial charge in [-0.2, -0.15) is 0 Å². The van der Waals surface area contributed by atoms with Crippen LogP contribution in [0.5, 0.6) is 0 Å². The molecule has 3 aromatic carbocycles. The summed E-state index contributed by atoms with van der Waals surface area (Å²) in [5, 5.41) is 0. The normalized spacial score (nSPS) is 11.7. The minimum Gasteiger partial charge on any atom is -0.451 e. The number of nitrogens with one attached hydrogen (secondary N) is 1. The lowest BCUT2D eigenvalue weighted by molar-refractivity contribution is -0.00311. The molecule has 0 aliphatic carbocycles. The Hall–Kier alpha value is -3.12. The predicted molar refractivity (Wildman–Crippen MR) is 113 cm³/mol. The molecule has 5 nitrogen and oxygen atoms in total. The van der Waals surface area contributed by atoms with E-state index in [1.807, 2.05) is 19.1 Å². The lowest BCUT2D eigenvalue weighted by Crippen LogP contribution is -2.25. The molecule has 6 heteroatoms. The Balaban J connectivity index is 1.73. The standard InChI is InChI=1S/C23H23NO4S/c1-17-9-11-18(12-10-17)22(25)28-23(2,3)19-13-15-20(16-14-19)24-29(26,27)21-7-5-4-6-8-21/h4-16,24H,1-3H3. The molecule has 0 bridgehead atoms. The molecule has 0 aromatic heterocycles. The van der Waals surface area contributed by atoms with Crippen molar-refractivity contribution in [3.05, 3.63) is 95.6 Å². The Morgan fingerprint density at radius 2 is 1.45 bits per heavy atom. The fourth-order valence-corrected chi connectivity index (χ4v) is 3.87. The van der Waals surface area contributed by atoms with Crippen molar-refractivity contribution in [1.82, 2.24) is 0 Å². The Bertz CT molecular complexity index is 1090. The van der Waals surface area contributed by atoms with Gasteiger partial charge in [0.2, 0.25) is 0 Å². The summed E-state index contributed by atoms with van der Waals surface area (Å²) in [7, 11) is -3.66. The van der Waals surface area contributed by atoms with Crippen molar-refractivity contribution in [3.8, 4) is 0 Å². The number of esters is 1. The van der Waals surface area contributed by atoms with Gasteiger partial charge in [0.1, 0.15) is 5.60 Å².